The molecule has 1 amide bonds. The number of likely N-dealkylation sites (tertiary alicyclic amines) is 2. The molecule has 1 atom stereocenters. The molecule has 1 aromatic carbocycles. The largest absolute Gasteiger partial charge is 0.370 e. The Labute approximate surface area is 281 Å². The van der Waals surface area contributed by atoms with Gasteiger partial charge in [0.15, 0.2) is 17.5 Å². The van der Waals surface area contributed by atoms with Crippen molar-refractivity contribution in [1.82, 2.24) is 29.7 Å². The van der Waals surface area contributed by atoms with Gasteiger partial charge in [0, 0.05) is 51.6 Å². The number of carbonyl (C=O) groups is 1. The van der Waals surface area contributed by atoms with Gasteiger partial charge in [-0.3, -0.25) is 14.4 Å². The molecule has 0 aliphatic carbocycles. The van der Waals surface area contributed by atoms with Crippen molar-refractivity contribution < 1.29 is 27.2 Å². The number of ether oxygens (including phenoxy) is 1. The van der Waals surface area contributed by atoms with Crippen LogP contribution in [0.25, 0.3) is 0 Å². The first-order chi connectivity index (χ1) is 22.0. The molecule has 0 N–H and O–H groups in total. The Balaban J connectivity index is 0.000000204. The van der Waals surface area contributed by atoms with Gasteiger partial charge in [-0.05, 0) is 82.2 Å². The molecule has 3 saturated heterocycles. The van der Waals surface area contributed by atoms with Crippen LogP contribution in [0.3, 0.4) is 0 Å². The molecule has 47 heavy (non-hydrogen) atoms. The normalized spacial score (nSPS) is 21.0. The molecule has 1 spiro atoms. The van der Waals surface area contributed by atoms with Crippen LogP contribution in [-0.2, 0) is 16.6 Å². The Bertz CT molecular complexity index is 1380. The highest BCUT2D eigenvalue weighted by molar-refractivity contribution is 6.31. The van der Waals surface area contributed by atoms with Crippen molar-refractivity contribution >= 4 is 18.0 Å². The van der Waals surface area contributed by atoms with Crippen molar-refractivity contribution in [1.29, 1.82) is 0 Å². The fourth-order valence-corrected chi connectivity index (χ4v) is 6.43. The average molecular weight is 685 g/mol. The highest BCUT2D eigenvalue weighted by Crippen LogP contribution is 2.38. The van der Waals surface area contributed by atoms with Crippen molar-refractivity contribution in [2.24, 2.45) is 7.05 Å². The molecule has 0 saturated carbocycles. The van der Waals surface area contributed by atoms with E-state index in [1.54, 1.807) is 22.0 Å². The number of aromatic nitrogens is 3. The van der Waals surface area contributed by atoms with Crippen LogP contribution in [0.4, 0.5) is 17.7 Å². The van der Waals surface area contributed by atoms with Crippen LogP contribution in [0, 0.1) is 17.5 Å². The summed E-state index contributed by atoms with van der Waals surface area (Å²) in [7, 11) is 3.19. The quantitative estimate of drug-likeness (QED) is 0.143. The first-order valence-electron chi connectivity index (χ1n) is 16.1. The van der Waals surface area contributed by atoms with Gasteiger partial charge in [-0.15, -0.1) is 4.48 Å². The molecule has 0 radical (unpaired) electrons. The van der Waals surface area contributed by atoms with E-state index in [1.165, 1.54) is 19.3 Å². The SMILES string of the molecule is CC(C)(C)N1CCCC(c2ccc(F)c(F)c2F)C1.CC(C)c1ncnn1C.CN(F)/C=C(Cl)/C=C1/COC2(CCN(C=O)CC2)C1. The molecule has 0 bridgehead atoms. The molecule has 1 aromatic heterocycles. The lowest BCUT2D eigenvalue weighted by atomic mass is 9.87. The third-order valence-electron chi connectivity index (χ3n) is 8.75. The third-order valence-corrected chi connectivity index (χ3v) is 8.96. The zero-order valence-electron chi connectivity index (χ0n) is 28.6. The summed E-state index contributed by atoms with van der Waals surface area (Å²) in [6, 6.07) is 2.40. The third kappa shape index (κ3) is 11.0. The summed E-state index contributed by atoms with van der Waals surface area (Å²) in [5.74, 6) is -2.06. The molecular weight excluding hydrogens is 636 g/mol. The minimum Gasteiger partial charge on any atom is -0.370 e. The van der Waals surface area contributed by atoms with Crippen molar-refractivity contribution in [3.8, 4) is 0 Å². The molecule has 1 unspecified atom stereocenters. The number of allylic oxidation sites excluding steroid dienone is 2. The smallest absolute Gasteiger partial charge is 0.209 e. The van der Waals surface area contributed by atoms with Crippen LogP contribution in [0.1, 0.15) is 89.9 Å². The van der Waals surface area contributed by atoms with Gasteiger partial charge in [0.05, 0.1) is 23.4 Å². The second-order valence-electron chi connectivity index (χ2n) is 13.7. The number of hydrogen-bond acceptors (Lipinski definition) is 6. The number of aryl methyl sites for hydroxylation is 1. The second kappa shape index (κ2) is 16.9. The fourth-order valence-electron chi connectivity index (χ4n) is 6.14. The lowest BCUT2D eigenvalue weighted by Crippen LogP contribution is -2.46. The summed E-state index contributed by atoms with van der Waals surface area (Å²) in [4.78, 5) is 18.8. The molecule has 2 aromatic rings. The lowest BCUT2D eigenvalue weighted by Gasteiger charge is -2.41. The minimum atomic E-state index is -1.36. The molecular formula is C34H49ClF4N6O2. The van der Waals surface area contributed by atoms with Crippen LogP contribution in [0.15, 0.2) is 41.3 Å². The van der Waals surface area contributed by atoms with E-state index >= 15 is 0 Å². The highest BCUT2D eigenvalue weighted by Gasteiger charge is 2.40. The highest BCUT2D eigenvalue weighted by atomic mass is 35.5. The minimum absolute atomic E-state index is 0.00766. The van der Waals surface area contributed by atoms with E-state index in [1.807, 2.05) is 7.05 Å². The van der Waals surface area contributed by atoms with Gasteiger partial charge in [0.25, 0.3) is 0 Å². The summed E-state index contributed by atoms with van der Waals surface area (Å²) in [5, 5.41) is 4.72. The lowest BCUT2D eigenvalue weighted by molar-refractivity contribution is -0.122. The summed E-state index contributed by atoms with van der Waals surface area (Å²) in [6.45, 7) is 14.2. The summed E-state index contributed by atoms with van der Waals surface area (Å²) in [5.41, 5.74) is 1.22. The van der Waals surface area contributed by atoms with Gasteiger partial charge >= 0.3 is 0 Å². The van der Waals surface area contributed by atoms with Crippen molar-refractivity contribution in [3.05, 3.63) is 70.2 Å². The van der Waals surface area contributed by atoms with E-state index in [0.717, 1.165) is 75.6 Å². The van der Waals surface area contributed by atoms with Crippen molar-refractivity contribution in [2.75, 3.05) is 39.8 Å². The van der Waals surface area contributed by atoms with Crippen LogP contribution in [0.5, 0.6) is 0 Å². The van der Waals surface area contributed by atoms with Crippen molar-refractivity contribution in [2.45, 2.75) is 89.7 Å². The van der Waals surface area contributed by atoms with E-state index in [9.17, 15) is 22.4 Å². The van der Waals surface area contributed by atoms with E-state index < -0.39 is 17.5 Å². The first-order valence-corrected chi connectivity index (χ1v) is 16.4. The van der Waals surface area contributed by atoms with E-state index in [2.05, 4.69) is 49.6 Å². The van der Waals surface area contributed by atoms with Gasteiger partial charge in [-0.1, -0.05) is 31.5 Å². The molecule has 5 rings (SSSR count). The predicted molar refractivity (Wildman–Crippen MR) is 176 cm³/mol. The Hall–Kier alpha value is -2.96. The molecule has 8 nitrogen and oxygen atoms in total. The van der Waals surface area contributed by atoms with E-state index in [-0.39, 0.29) is 17.1 Å². The Morgan fingerprint density at radius 1 is 1.15 bits per heavy atom. The first kappa shape index (κ1) is 38.5. The molecule has 4 heterocycles. The number of piperidine rings is 2. The monoisotopic (exact) mass is 684 g/mol. The fraction of sp³-hybridized carbons (Fsp3) is 0.618. The van der Waals surface area contributed by atoms with Crippen LogP contribution < -0.4 is 0 Å². The standard InChI is InChI=1S/C15H20F3N.C13H18ClFN2O2.C6H11N3/c1-15(2,3)19-8-4-5-10(9-19)11-6-7-12(16)14(18)13(11)17;1-16(15)8-12(14)6-11-7-13(19-9-11)2-4-17(10-18)5-3-13;1-5(2)6-7-4-8-9(6)3/h6-7,10H,4-5,8-9H2,1-3H3;6,8,10H,2-5,7,9H2,1H3;4-5H,1-3H3/b;11-6+,12-8-;. The van der Waals surface area contributed by atoms with Gasteiger partial charge in [-0.25, -0.2) is 23.3 Å². The van der Waals surface area contributed by atoms with E-state index in [4.69, 9.17) is 16.3 Å². The number of benzene rings is 1. The molecule has 3 aliphatic rings. The number of halogens is 5. The molecule has 3 fully saturated rings. The van der Waals surface area contributed by atoms with Gasteiger partial charge in [-0.2, -0.15) is 5.10 Å². The maximum atomic E-state index is 13.8. The van der Waals surface area contributed by atoms with Gasteiger partial charge < -0.3 is 9.64 Å². The Morgan fingerprint density at radius 2 is 1.83 bits per heavy atom. The number of carbonyl (C=O) groups excluding carboxylic acids is 1. The predicted octanol–water partition coefficient (Wildman–Crippen LogP) is 7.24. The van der Waals surface area contributed by atoms with Gasteiger partial charge in [0.2, 0.25) is 6.41 Å². The summed E-state index contributed by atoms with van der Waals surface area (Å²) >= 11 is 5.92. The van der Waals surface area contributed by atoms with Crippen molar-refractivity contribution in [3.63, 3.8) is 0 Å². The zero-order chi connectivity index (χ0) is 34.9. The van der Waals surface area contributed by atoms with Crippen LogP contribution >= 0.6 is 11.6 Å². The number of rotatable bonds is 5. The van der Waals surface area contributed by atoms with Crippen LogP contribution in [-0.4, -0.2) is 87.1 Å². The molecule has 262 valence electrons. The molecule has 13 heteroatoms. The molecule has 3 aliphatic heterocycles. The number of amides is 1. The second-order valence-corrected chi connectivity index (χ2v) is 14.2. The Morgan fingerprint density at radius 3 is 2.36 bits per heavy atom. The number of nitrogens with zero attached hydrogens (tertiary/aromatic N) is 6. The van der Waals surface area contributed by atoms with E-state index in [0.29, 0.717) is 34.8 Å². The van der Waals surface area contributed by atoms with Crippen LogP contribution in [0.2, 0.25) is 0 Å². The zero-order valence-corrected chi connectivity index (χ0v) is 29.3. The number of hydrogen-bond donors (Lipinski definition) is 0. The maximum Gasteiger partial charge on any atom is 0.209 e. The maximum absolute atomic E-state index is 13.8. The Kier molecular flexibility index (Phi) is 13.9. The van der Waals surface area contributed by atoms with Gasteiger partial charge in [0.1, 0.15) is 12.2 Å². The summed E-state index contributed by atoms with van der Waals surface area (Å²) in [6.07, 6.45) is 9.69. The summed E-state index contributed by atoms with van der Waals surface area (Å²) < 4.78 is 60.4. The topological polar surface area (TPSA) is 66.7 Å². The average Bonchev–Trinajstić information content (AvgIpc) is 3.62.